The summed E-state index contributed by atoms with van der Waals surface area (Å²) in [6.07, 6.45) is 5.47. The van der Waals surface area contributed by atoms with Gasteiger partial charge in [0, 0.05) is 19.1 Å². The molecular weight excluding hydrogens is 172 g/mol. The largest absolute Gasteiger partial charge is 0.316 e. The van der Waals surface area contributed by atoms with Gasteiger partial charge < -0.3 is 5.32 Å². The number of hydrogen-bond donors (Lipinski definition) is 1. The van der Waals surface area contributed by atoms with Crippen LogP contribution in [0, 0.1) is 5.41 Å². The van der Waals surface area contributed by atoms with Crippen molar-refractivity contribution in [2.24, 2.45) is 5.41 Å². The van der Waals surface area contributed by atoms with Crippen LogP contribution >= 0.6 is 0 Å². The highest BCUT2D eigenvalue weighted by Gasteiger charge is 2.41. The Morgan fingerprint density at radius 3 is 2.64 bits per heavy atom. The normalized spacial score (nSPS) is 33.6. The first-order valence-electron chi connectivity index (χ1n) is 6.24. The Balaban J connectivity index is 1.93. The SMILES string of the molecule is CCC(CC)N1CCC2(CCNC2)C1. The molecule has 0 amide bonds. The lowest BCUT2D eigenvalue weighted by Gasteiger charge is -2.28. The van der Waals surface area contributed by atoms with E-state index in [1.54, 1.807) is 0 Å². The van der Waals surface area contributed by atoms with E-state index in [9.17, 15) is 0 Å². The molecule has 2 aliphatic heterocycles. The van der Waals surface area contributed by atoms with Gasteiger partial charge in [0.15, 0.2) is 0 Å². The molecule has 0 aromatic heterocycles. The second-order valence-electron chi connectivity index (χ2n) is 5.12. The first-order chi connectivity index (χ1) is 6.79. The van der Waals surface area contributed by atoms with E-state index >= 15 is 0 Å². The van der Waals surface area contributed by atoms with Crippen LogP contribution in [0.4, 0.5) is 0 Å². The van der Waals surface area contributed by atoms with Crippen LogP contribution in [0.15, 0.2) is 0 Å². The molecule has 1 atom stereocenters. The third kappa shape index (κ3) is 1.82. The zero-order valence-corrected chi connectivity index (χ0v) is 9.68. The van der Waals surface area contributed by atoms with Crippen molar-refractivity contribution in [3.05, 3.63) is 0 Å². The molecule has 1 spiro atoms. The maximum atomic E-state index is 3.52. The van der Waals surface area contributed by atoms with Gasteiger partial charge in [0.25, 0.3) is 0 Å². The summed E-state index contributed by atoms with van der Waals surface area (Å²) in [5.41, 5.74) is 0.655. The minimum atomic E-state index is 0.655. The van der Waals surface area contributed by atoms with E-state index in [1.807, 2.05) is 0 Å². The Morgan fingerprint density at radius 1 is 1.29 bits per heavy atom. The lowest BCUT2D eigenvalue weighted by molar-refractivity contribution is 0.200. The van der Waals surface area contributed by atoms with Gasteiger partial charge in [0.1, 0.15) is 0 Å². The van der Waals surface area contributed by atoms with Crippen LogP contribution in [0.2, 0.25) is 0 Å². The summed E-state index contributed by atoms with van der Waals surface area (Å²) < 4.78 is 0. The number of rotatable bonds is 3. The van der Waals surface area contributed by atoms with Gasteiger partial charge in [-0.25, -0.2) is 0 Å². The van der Waals surface area contributed by atoms with Crippen LogP contribution in [0.3, 0.4) is 0 Å². The summed E-state index contributed by atoms with van der Waals surface area (Å²) in [6, 6.07) is 0.843. The maximum absolute atomic E-state index is 3.52. The van der Waals surface area contributed by atoms with Gasteiger partial charge in [-0.15, -0.1) is 0 Å². The quantitative estimate of drug-likeness (QED) is 0.741. The summed E-state index contributed by atoms with van der Waals surface area (Å²) in [5.74, 6) is 0. The highest BCUT2D eigenvalue weighted by Crippen LogP contribution is 2.37. The van der Waals surface area contributed by atoms with E-state index in [1.165, 1.54) is 51.9 Å². The van der Waals surface area contributed by atoms with Gasteiger partial charge in [-0.05, 0) is 44.2 Å². The Hall–Kier alpha value is -0.0800. The van der Waals surface area contributed by atoms with Crippen molar-refractivity contribution < 1.29 is 0 Å². The number of nitrogens with one attached hydrogen (secondary N) is 1. The molecule has 2 heteroatoms. The van der Waals surface area contributed by atoms with E-state index in [0.717, 1.165) is 6.04 Å². The summed E-state index contributed by atoms with van der Waals surface area (Å²) in [5, 5.41) is 3.52. The molecule has 0 bridgehead atoms. The minimum absolute atomic E-state index is 0.655. The average Bonchev–Trinajstić information content (AvgIpc) is 2.81. The van der Waals surface area contributed by atoms with Crippen molar-refractivity contribution in [1.29, 1.82) is 0 Å². The van der Waals surface area contributed by atoms with E-state index in [2.05, 4.69) is 24.1 Å². The van der Waals surface area contributed by atoms with Crippen molar-refractivity contribution >= 4 is 0 Å². The summed E-state index contributed by atoms with van der Waals surface area (Å²) in [6.45, 7) is 9.86. The molecule has 2 aliphatic rings. The molecule has 82 valence electrons. The molecule has 1 unspecified atom stereocenters. The summed E-state index contributed by atoms with van der Waals surface area (Å²) in [4.78, 5) is 2.73. The second-order valence-corrected chi connectivity index (χ2v) is 5.12. The van der Waals surface area contributed by atoms with Crippen LogP contribution in [0.5, 0.6) is 0 Å². The van der Waals surface area contributed by atoms with Crippen LogP contribution in [-0.2, 0) is 0 Å². The third-order valence-electron chi connectivity index (χ3n) is 4.26. The van der Waals surface area contributed by atoms with E-state index in [-0.39, 0.29) is 0 Å². The second kappa shape index (κ2) is 4.19. The Labute approximate surface area is 88.1 Å². The molecule has 0 aromatic rings. The summed E-state index contributed by atoms with van der Waals surface area (Å²) >= 11 is 0. The standard InChI is InChI=1S/C12H24N2/c1-3-11(4-2)14-8-6-12(10-14)5-7-13-9-12/h11,13H,3-10H2,1-2H3. The smallest absolute Gasteiger partial charge is 0.00902 e. The predicted octanol–water partition coefficient (Wildman–Crippen LogP) is 1.86. The fourth-order valence-corrected chi connectivity index (χ4v) is 3.23. The molecule has 0 aliphatic carbocycles. The van der Waals surface area contributed by atoms with Crippen molar-refractivity contribution in [3.63, 3.8) is 0 Å². The molecule has 2 nitrogen and oxygen atoms in total. The third-order valence-corrected chi connectivity index (χ3v) is 4.26. The van der Waals surface area contributed by atoms with Crippen molar-refractivity contribution in [2.75, 3.05) is 26.2 Å². The van der Waals surface area contributed by atoms with Gasteiger partial charge in [0.05, 0.1) is 0 Å². The van der Waals surface area contributed by atoms with Crippen LogP contribution in [0.25, 0.3) is 0 Å². The predicted molar refractivity (Wildman–Crippen MR) is 60.5 cm³/mol. The van der Waals surface area contributed by atoms with Crippen LogP contribution < -0.4 is 5.32 Å². The van der Waals surface area contributed by atoms with Crippen LogP contribution in [0.1, 0.15) is 39.5 Å². The van der Waals surface area contributed by atoms with Gasteiger partial charge in [-0.2, -0.15) is 0 Å². The molecule has 2 heterocycles. The first kappa shape index (κ1) is 10.4. The van der Waals surface area contributed by atoms with E-state index in [0.29, 0.717) is 5.41 Å². The summed E-state index contributed by atoms with van der Waals surface area (Å²) in [7, 11) is 0. The van der Waals surface area contributed by atoms with Crippen molar-refractivity contribution in [1.82, 2.24) is 10.2 Å². The average molecular weight is 196 g/mol. The molecular formula is C12H24N2. The lowest BCUT2D eigenvalue weighted by atomic mass is 9.86. The first-order valence-corrected chi connectivity index (χ1v) is 6.24. The molecule has 0 radical (unpaired) electrons. The molecule has 1 N–H and O–H groups in total. The van der Waals surface area contributed by atoms with Crippen molar-refractivity contribution in [2.45, 2.75) is 45.6 Å². The Bertz CT molecular complexity index is 181. The zero-order valence-electron chi connectivity index (χ0n) is 9.68. The van der Waals surface area contributed by atoms with Gasteiger partial charge in [-0.3, -0.25) is 4.90 Å². The Morgan fingerprint density at radius 2 is 2.07 bits per heavy atom. The highest BCUT2D eigenvalue weighted by molar-refractivity contribution is 4.96. The Kier molecular flexibility index (Phi) is 3.13. The monoisotopic (exact) mass is 196 g/mol. The topological polar surface area (TPSA) is 15.3 Å². The molecule has 2 rings (SSSR count). The molecule has 0 saturated carbocycles. The molecule has 0 aromatic carbocycles. The fourth-order valence-electron chi connectivity index (χ4n) is 3.23. The van der Waals surface area contributed by atoms with Gasteiger partial charge >= 0.3 is 0 Å². The highest BCUT2D eigenvalue weighted by atomic mass is 15.2. The number of hydrogen-bond acceptors (Lipinski definition) is 2. The number of likely N-dealkylation sites (tertiary alicyclic amines) is 1. The van der Waals surface area contributed by atoms with E-state index in [4.69, 9.17) is 0 Å². The zero-order chi connectivity index (χ0) is 10.0. The lowest BCUT2D eigenvalue weighted by Crippen LogP contribution is -2.35. The number of nitrogens with zero attached hydrogens (tertiary/aromatic N) is 1. The van der Waals surface area contributed by atoms with Crippen LogP contribution in [-0.4, -0.2) is 37.1 Å². The van der Waals surface area contributed by atoms with Gasteiger partial charge in [-0.1, -0.05) is 13.8 Å². The van der Waals surface area contributed by atoms with Gasteiger partial charge in [0.2, 0.25) is 0 Å². The molecule has 2 fully saturated rings. The fraction of sp³-hybridized carbons (Fsp3) is 1.00. The van der Waals surface area contributed by atoms with Crippen molar-refractivity contribution in [3.8, 4) is 0 Å². The van der Waals surface area contributed by atoms with E-state index < -0.39 is 0 Å². The maximum Gasteiger partial charge on any atom is 0.00902 e. The molecule has 2 saturated heterocycles. The minimum Gasteiger partial charge on any atom is -0.316 e. The molecule has 14 heavy (non-hydrogen) atoms.